The normalized spacial score (nSPS) is 20.4. The molecule has 2 heterocycles. The first-order chi connectivity index (χ1) is 11.7. The number of rotatable bonds is 5. The van der Waals surface area contributed by atoms with Crippen LogP contribution < -0.4 is 4.74 Å². The van der Waals surface area contributed by atoms with Crippen LogP contribution in [0.2, 0.25) is 0 Å². The van der Waals surface area contributed by atoms with E-state index in [9.17, 15) is 4.79 Å². The van der Waals surface area contributed by atoms with Crippen molar-refractivity contribution in [2.75, 3.05) is 13.2 Å². The second-order valence-corrected chi connectivity index (χ2v) is 6.88. The Balaban J connectivity index is 1.45. The van der Waals surface area contributed by atoms with E-state index in [1.54, 1.807) is 4.68 Å². The van der Waals surface area contributed by atoms with Gasteiger partial charge in [0.25, 0.3) is 5.91 Å². The number of nitrogens with zero attached hydrogens (tertiary/aromatic N) is 3. The van der Waals surface area contributed by atoms with Gasteiger partial charge in [0.05, 0.1) is 18.8 Å². The van der Waals surface area contributed by atoms with Gasteiger partial charge in [0, 0.05) is 30.9 Å². The molecule has 4 rings (SSSR count). The Hall–Kier alpha value is -2.30. The quantitative estimate of drug-likeness (QED) is 0.848. The van der Waals surface area contributed by atoms with Gasteiger partial charge in [-0.05, 0) is 55.9 Å². The molecule has 0 N–H and O–H groups in total. The molecule has 0 spiro atoms. The van der Waals surface area contributed by atoms with Gasteiger partial charge in [-0.1, -0.05) is 0 Å². The zero-order valence-corrected chi connectivity index (χ0v) is 14.0. The van der Waals surface area contributed by atoms with Crippen molar-refractivity contribution in [2.45, 2.75) is 31.7 Å². The molecule has 24 heavy (non-hydrogen) atoms. The third kappa shape index (κ3) is 3.16. The summed E-state index contributed by atoms with van der Waals surface area (Å²) >= 11 is 0. The Morgan fingerprint density at radius 3 is 2.71 bits per heavy atom. The molecule has 2 fully saturated rings. The molecule has 5 nitrogen and oxygen atoms in total. The Labute approximate surface area is 142 Å². The van der Waals surface area contributed by atoms with Crippen LogP contribution in [0.1, 0.15) is 47.6 Å². The van der Waals surface area contributed by atoms with Crippen LogP contribution in [-0.4, -0.2) is 33.7 Å². The lowest BCUT2D eigenvalue weighted by Crippen LogP contribution is -2.30. The fourth-order valence-corrected chi connectivity index (χ4v) is 3.33. The second-order valence-electron chi connectivity index (χ2n) is 6.88. The van der Waals surface area contributed by atoms with Crippen molar-refractivity contribution in [3.63, 3.8) is 0 Å². The van der Waals surface area contributed by atoms with Crippen LogP contribution in [0, 0.1) is 5.92 Å². The molecule has 0 radical (unpaired) electrons. The molecule has 1 aliphatic carbocycles. The maximum atomic E-state index is 12.9. The van der Waals surface area contributed by atoms with Crippen LogP contribution in [0.4, 0.5) is 0 Å². The van der Waals surface area contributed by atoms with Crippen molar-refractivity contribution in [3.05, 3.63) is 47.8 Å². The third-order valence-electron chi connectivity index (χ3n) is 4.91. The Kier molecular flexibility index (Phi) is 4.00. The molecular formula is C19H23N3O2. The summed E-state index contributed by atoms with van der Waals surface area (Å²) in [6, 6.07) is 7.71. The standard InChI is InChI=1S/C19H23N3O2/c1-21-12-16(11-20-21)18-3-2-10-22(18)19(23)15-6-8-17(9-7-15)24-13-14-4-5-14/h6-9,11-12,14,18H,2-5,10,13H2,1H3. The summed E-state index contributed by atoms with van der Waals surface area (Å²) in [5.41, 5.74) is 1.84. The molecule has 1 aliphatic heterocycles. The number of carbonyl (C=O) groups is 1. The highest BCUT2D eigenvalue weighted by molar-refractivity contribution is 5.94. The minimum absolute atomic E-state index is 0.0927. The topological polar surface area (TPSA) is 47.4 Å². The van der Waals surface area contributed by atoms with E-state index >= 15 is 0 Å². The third-order valence-corrected chi connectivity index (χ3v) is 4.91. The van der Waals surface area contributed by atoms with Gasteiger partial charge in [-0.15, -0.1) is 0 Å². The molecule has 1 unspecified atom stereocenters. The van der Waals surface area contributed by atoms with E-state index in [0.717, 1.165) is 48.8 Å². The Bertz CT molecular complexity index is 718. The van der Waals surface area contributed by atoms with E-state index in [4.69, 9.17) is 4.74 Å². The predicted octanol–water partition coefficient (Wildman–Crippen LogP) is 3.19. The van der Waals surface area contributed by atoms with Crippen LogP contribution in [0.5, 0.6) is 5.75 Å². The number of hydrogen-bond acceptors (Lipinski definition) is 3. The predicted molar refractivity (Wildman–Crippen MR) is 90.9 cm³/mol. The van der Waals surface area contributed by atoms with Crippen molar-refractivity contribution < 1.29 is 9.53 Å². The molecule has 2 aromatic rings. The average molecular weight is 325 g/mol. The van der Waals surface area contributed by atoms with Crippen molar-refractivity contribution in [1.82, 2.24) is 14.7 Å². The molecule has 1 amide bonds. The van der Waals surface area contributed by atoms with Gasteiger partial charge in [0.1, 0.15) is 5.75 Å². The number of aromatic nitrogens is 2. The zero-order chi connectivity index (χ0) is 16.5. The number of hydrogen-bond donors (Lipinski definition) is 0. The molecule has 126 valence electrons. The molecule has 0 bridgehead atoms. The highest BCUT2D eigenvalue weighted by atomic mass is 16.5. The van der Waals surface area contributed by atoms with Gasteiger partial charge in [-0.25, -0.2) is 0 Å². The lowest BCUT2D eigenvalue weighted by Gasteiger charge is -2.24. The summed E-state index contributed by atoms with van der Waals surface area (Å²) in [6.45, 7) is 1.60. The Morgan fingerprint density at radius 1 is 1.25 bits per heavy atom. The molecular weight excluding hydrogens is 302 g/mol. The van der Waals surface area contributed by atoms with E-state index in [-0.39, 0.29) is 11.9 Å². The zero-order valence-electron chi connectivity index (χ0n) is 14.0. The van der Waals surface area contributed by atoms with Gasteiger partial charge < -0.3 is 9.64 Å². The number of benzene rings is 1. The molecule has 5 heteroatoms. The van der Waals surface area contributed by atoms with Gasteiger partial charge in [-0.2, -0.15) is 5.10 Å². The van der Waals surface area contributed by atoms with Gasteiger partial charge in [-0.3, -0.25) is 9.48 Å². The second kappa shape index (κ2) is 6.30. The van der Waals surface area contributed by atoms with Gasteiger partial charge in [0.2, 0.25) is 0 Å². The van der Waals surface area contributed by atoms with Crippen LogP contribution in [0.15, 0.2) is 36.7 Å². The summed E-state index contributed by atoms with van der Waals surface area (Å²) in [7, 11) is 1.91. The maximum Gasteiger partial charge on any atom is 0.254 e. The summed E-state index contributed by atoms with van der Waals surface area (Å²) in [5, 5.41) is 4.24. The fourth-order valence-electron chi connectivity index (χ4n) is 3.33. The average Bonchev–Trinajstić information content (AvgIpc) is 3.12. The maximum absolute atomic E-state index is 12.9. The van der Waals surface area contributed by atoms with Crippen LogP contribution in [-0.2, 0) is 7.05 Å². The largest absolute Gasteiger partial charge is 0.493 e. The minimum atomic E-state index is 0.0927. The minimum Gasteiger partial charge on any atom is -0.493 e. The van der Waals surface area contributed by atoms with E-state index in [1.165, 1.54) is 12.8 Å². The summed E-state index contributed by atoms with van der Waals surface area (Å²) in [5.74, 6) is 1.68. The van der Waals surface area contributed by atoms with Crippen molar-refractivity contribution >= 4 is 5.91 Å². The van der Waals surface area contributed by atoms with Gasteiger partial charge in [0.15, 0.2) is 0 Å². The summed E-state index contributed by atoms with van der Waals surface area (Å²) < 4.78 is 7.54. The van der Waals surface area contributed by atoms with Crippen LogP contribution in [0.3, 0.4) is 0 Å². The molecule has 2 aliphatic rings. The lowest BCUT2D eigenvalue weighted by atomic mass is 10.1. The first-order valence-electron chi connectivity index (χ1n) is 8.73. The van der Waals surface area contributed by atoms with E-state index < -0.39 is 0 Å². The van der Waals surface area contributed by atoms with E-state index in [2.05, 4.69) is 5.10 Å². The smallest absolute Gasteiger partial charge is 0.254 e. The molecule has 1 saturated heterocycles. The van der Waals surface area contributed by atoms with E-state index in [1.807, 2.05) is 48.6 Å². The number of amides is 1. The number of carbonyl (C=O) groups excluding carboxylic acids is 1. The Morgan fingerprint density at radius 2 is 2.04 bits per heavy atom. The molecule has 1 atom stereocenters. The van der Waals surface area contributed by atoms with Crippen molar-refractivity contribution in [1.29, 1.82) is 0 Å². The number of likely N-dealkylation sites (tertiary alicyclic amines) is 1. The first kappa shape index (κ1) is 15.2. The SMILES string of the molecule is Cn1cc(C2CCCN2C(=O)c2ccc(OCC3CC3)cc2)cn1. The molecule has 1 saturated carbocycles. The van der Waals surface area contributed by atoms with Crippen molar-refractivity contribution in [3.8, 4) is 5.75 Å². The first-order valence-corrected chi connectivity index (χ1v) is 8.73. The molecule has 1 aromatic heterocycles. The van der Waals surface area contributed by atoms with E-state index in [0.29, 0.717) is 0 Å². The number of ether oxygens (including phenoxy) is 1. The van der Waals surface area contributed by atoms with Crippen molar-refractivity contribution in [2.24, 2.45) is 13.0 Å². The van der Waals surface area contributed by atoms with Gasteiger partial charge >= 0.3 is 0 Å². The van der Waals surface area contributed by atoms with Crippen LogP contribution in [0.25, 0.3) is 0 Å². The summed E-state index contributed by atoms with van der Waals surface area (Å²) in [6.07, 6.45) is 8.46. The molecule has 1 aromatic carbocycles. The highest BCUT2D eigenvalue weighted by Gasteiger charge is 2.31. The summed E-state index contributed by atoms with van der Waals surface area (Å²) in [4.78, 5) is 14.9. The fraction of sp³-hybridized carbons (Fsp3) is 0.474. The number of aryl methyl sites for hydroxylation is 1. The monoisotopic (exact) mass is 325 g/mol. The van der Waals surface area contributed by atoms with Crippen LogP contribution >= 0.6 is 0 Å². The highest BCUT2D eigenvalue weighted by Crippen LogP contribution is 2.33. The lowest BCUT2D eigenvalue weighted by molar-refractivity contribution is 0.0735.